The summed E-state index contributed by atoms with van der Waals surface area (Å²) in [5, 5.41) is 9.05. The van der Waals surface area contributed by atoms with E-state index in [0.717, 1.165) is 0 Å². The number of carbonyl (C=O) groups is 1. The smallest absolute Gasteiger partial charge is 0.293 e. The van der Waals surface area contributed by atoms with Crippen molar-refractivity contribution in [2.75, 3.05) is 18.9 Å². The number of H-pyrrole nitrogens is 1. The molecule has 0 amide bonds. The number of imidazole rings is 1. The van der Waals surface area contributed by atoms with E-state index in [1.165, 1.54) is 10.9 Å². The molecule has 0 fully saturated rings. The van der Waals surface area contributed by atoms with Gasteiger partial charge in [-0.25, -0.2) is 4.98 Å². The SMILES string of the molecule is Nc1nc2c(ncn2COC(CO)COC=O)c(=O)[nH]1. The number of nitrogens with two attached hydrogens (primary N) is 1. The zero-order valence-electron chi connectivity index (χ0n) is 10.4. The van der Waals surface area contributed by atoms with E-state index >= 15 is 0 Å². The second-order valence-corrected chi connectivity index (χ2v) is 3.87. The van der Waals surface area contributed by atoms with Gasteiger partial charge in [-0.05, 0) is 0 Å². The summed E-state index contributed by atoms with van der Waals surface area (Å²) in [5.41, 5.74) is 5.40. The topological polar surface area (TPSA) is 145 Å². The molecule has 0 saturated heterocycles. The fraction of sp³-hybridized carbons (Fsp3) is 0.400. The maximum atomic E-state index is 11.6. The molecule has 0 aliphatic carbocycles. The third-order valence-electron chi connectivity index (χ3n) is 2.50. The molecular formula is C10H13N5O5. The number of nitrogens with zero attached hydrogens (tertiary/aromatic N) is 3. The monoisotopic (exact) mass is 283 g/mol. The molecule has 0 bridgehead atoms. The molecule has 1 atom stereocenters. The number of aliphatic hydroxyl groups is 1. The molecule has 20 heavy (non-hydrogen) atoms. The van der Waals surface area contributed by atoms with E-state index in [1.54, 1.807) is 0 Å². The number of nitrogens with one attached hydrogen (secondary N) is 1. The van der Waals surface area contributed by atoms with Gasteiger partial charge >= 0.3 is 0 Å². The van der Waals surface area contributed by atoms with Gasteiger partial charge in [0, 0.05) is 0 Å². The molecule has 0 aliphatic rings. The fourth-order valence-electron chi connectivity index (χ4n) is 1.55. The first kappa shape index (κ1) is 14.0. The summed E-state index contributed by atoms with van der Waals surface area (Å²) in [6.07, 6.45) is 0.679. The van der Waals surface area contributed by atoms with Crippen molar-refractivity contribution in [2.24, 2.45) is 0 Å². The molecule has 4 N–H and O–H groups in total. The predicted octanol–water partition coefficient (Wildman–Crippen LogP) is -1.79. The van der Waals surface area contributed by atoms with Crippen LogP contribution < -0.4 is 11.3 Å². The normalized spacial score (nSPS) is 12.4. The van der Waals surface area contributed by atoms with Crippen LogP contribution in [0.1, 0.15) is 0 Å². The van der Waals surface area contributed by atoms with E-state index in [0.29, 0.717) is 0 Å². The number of anilines is 1. The maximum Gasteiger partial charge on any atom is 0.293 e. The van der Waals surface area contributed by atoms with Gasteiger partial charge in [0.25, 0.3) is 12.0 Å². The Bertz CT molecular complexity index is 651. The predicted molar refractivity (Wildman–Crippen MR) is 66.5 cm³/mol. The first-order chi connectivity index (χ1) is 9.65. The molecular weight excluding hydrogens is 270 g/mol. The average Bonchev–Trinajstić information content (AvgIpc) is 2.82. The van der Waals surface area contributed by atoms with Crippen LogP contribution in [0.3, 0.4) is 0 Å². The standard InChI is InChI=1S/C10H13N5O5/c11-10-13-8-7(9(18)14-10)12-3-15(8)4-20-6(1-16)2-19-5-17/h3,5-6,16H,1-2,4H2,(H3,11,13,14,18). The van der Waals surface area contributed by atoms with Gasteiger partial charge < -0.3 is 20.3 Å². The fourth-order valence-corrected chi connectivity index (χ4v) is 1.55. The van der Waals surface area contributed by atoms with Crippen molar-refractivity contribution in [3.05, 3.63) is 16.7 Å². The Morgan fingerprint density at radius 1 is 1.60 bits per heavy atom. The lowest BCUT2D eigenvalue weighted by atomic mass is 10.4. The van der Waals surface area contributed by atoms with Crippen LogP contribution in [0.5, 0.6) is 0 Å². The minimum absolute atomic E-state index is 0.0279. The molecule has 2 heterocycles. The summed E-state index contributed by atoms with van der Waals surface area (Å²) in [5.74, 6) is -0.0350. The molecule has 10 heteroatoms. The number of ether oxygens (including phenoxy) is 2. The van der Waals surface area contributed by atoms with Gasteiger partial charge in [-0.2, -0.15) is 4.98 Å². The van der Waals surface area contributed by atoms with Crippen LogP contribution in [0, 0.1) is 0 Å². The zero-order chi connectivity index (χ0) is 14.5. The van der Waals surface area contributed by atoms with Gasteiger partial charge in [0.15, 0.2) is 11.2 Å². The van der Waals surface area contributed by atoms with Crippen molar-refractivity contribution in [1.29, 1.82) is 0 Å². The van der Waals surface area contributed by atoms with Crippen molar-refractivity contribution in [1.82, 2.24) is 19.5 Å². The van der Waals surface area contributed by atoms with E-state index < -0.39 is 11.7 Å². The van der Waals surface area contributed by atoms with Crippen LogP contribution in [0.4, 0.5) is 5.95 Å². The number of nitrogen functional groups attached to an aromatic ring is 1. The molecule has 2 rings (SSSR count). The summed E-state index contributed by atoms with van der Waals surface area (Å²) in [6.45, 7) is -0.167. The summed E-state index contributed by atoms with van der Waals surface area (Å²) < 4.78 is 11.3. The molecule has 2 aromatic heterocycles. The summed E-state index contributed by atoms with van der Waals surface area (Å²) in [4.78, 5) is 31.8. The van der Waals surface area contributed by atoms with Crippen molar-refractivity contribution in [3.63, 3.8) is 0 Å². The maximum absolute atomic E-state index is 11.6. The molecule has 1 unspecified atom stereocenters. The highest BCUT2D eigenvalue weighted by atomic mass is 16.6. The van der Waals surface area contributed by atoms with E-state index in [9.17, 15) is 9.59 Å². The number of hydrogen-bond acceptors (Lipinski definition) is 8. The molecule has 0 radical (unpaired) electrons. The largest absolute Gasteiger partial charge is 0.465 e. The van der Waals surface area contributed by atoms with Gasteiger partial charge in [0.05, 0.1) is 12.9 Å². The van der Waals surface area contributed by atoms with Gasteiger partial charge in [-0.15, -0.1) is 0 Å². The van der Waals surface area contributed by atoms with Crippen LogP contribution in [0.25, 0.3) is 11.2 Å². The molecule has 10 nitrogen and oxygen atoms in total. The Kier molecular flexibility index (Phi) is 4.27. The quantitative estimate of drug-likeness (QED) is 0.505. The second kappa shape index (κ2) is 6.12. The molecule has 0 saturated carbocycles. The Balaban J connectivity index is 2.13. The number of aromatic nitrogens is 4. The second-order valence-electron chi connectivity index (χ2n) is 3.87. The Morgan fingerprint density at radius 2 is 2.40 bits per heavy atom. The van der Waals surface area contributed by atoms with Crippen LogP contribution in [0.15, 0.2) is 11.1 Å². The number of aromatic amines is 1. The minimum Gasteiger partial charge on any atom is -0.465 e. The Morgan fingerprint density at radius 3 is 3.10 bits per heavy atom. The third-order valence-corrected chi connectivity index (χ3v) is 2.50. The van der Waals surface area contributed by atoms with Gasteiger partial charge in [-0.1, -0.05) is 0 Å². The van der Waals surface area contributed by atoms with Crippen LogP contribution in [-0.4, -0.2) is 50.4 Å². The summed E-state index contributed by atoms with van der Waals surface area (Å²) in [7, 11) is 0. The van der Waals surface area contributed by atoms with Crippen molar-refractivity contribution >= 4 is 23.6 Å². The van der Waals surface area contributed by atoms with E-state index in [1.807, 2.05) is 0 Å². The molecule has 0 aliphatic heterocycles. The van der Waals surface area contributed by atoms with Crippen molar-refractivity contribution in [2.45, 2.75) is 12.8 Å². The van der Waals surface area contributed by atoms with Crippen molar-refractivity contribution in [3.8, 4) is 0 Å². The van der Waals surface area contributed by atoms with Crippen LogP contribution >= 0.6 is 0 Å². The van der Waals surface area contributed by atoms with E-state index in [-0.39, 0.29) is 43.5 Å². The van der Waals surface area contributed by atoms with Gasteiger partial charge in [-0.3, -0.25) is 19.1 Å². The Hall–Kier alpha value is -2.46. The molecule has 108 valence electrons. The average molecular weight is 283 g/mol. The number of carbonyl (C=O) groups excluding carboxylic acids is 1. The summed E-state index contributed by atoms with van der Waals surface area (Å²) in [6, 6.07) is 0. The number of hydrogen-bond donors (Lipinski definition) is 3. The number of aliphatic hydroxyl groups excluding tert-OH is 1. The van der Waals surface area contributed by atoms with E-state index in [4.69, 9.17) is 15.6 Å². The number of fused-ring (bicyclic) bond motifs is 1. The number of rotatable bonds is 7. The zero-order valence-corrected chi connectivity index (χ0v) is 10.4. The highest BCUT2D eigenvalue weighted by Gasteiger charge is 2.12. The van der Waals surface area contributed by atoms with Crippen LogP contribution in [0.2, 0.25) is 0 Å². The minimum atomic E-state index is -0.683. The molecule has 0 aromatic carbocycles. The highest BCUT2D eigenvalue weighted by molar-refractivity contribution is 5.70. The van der Waals surface area contributed by atoms with Gasteiger partial charge in [0.1, 0.15) is 19.4 Å². The summed E-state index contributed by atoms with van der Waals surface area (Å²) >= 11 is 0. The lowest BCUT2D eigenvalue weighted by Gasteiger charge is -2.14. The lowest BCUT2D eigenvalue weighted by molar-refractivity contribution is -0.135. The first-order valence-electron chi connectivity index (χ1n) is 5.64. The highest BCUT2D eigenvalue weighted by Crippen LogP contribution is 2.07. The van der Waals surface area contributed by atoms with Gasteiger partial charge in [0.2, 0.25) is 5.95 Å². The first-order valence-corrected chi connectivity index (χ1v) is 5.64. The third kappa shape index (κ3) is 2.92. The lowest BCUT2D eigenvalue weighted by Crippen LogP contribution is -2.25. The Labute approximate surface area is 112 Å². The van der Waals surface area contributed by atoms with Crippen molar-refractivity contribution < 1.29 is 19.4 Å². The molecule has 0 spiro atoms. The van der Waals surface area contributed by atoms with E-state index in [2.05, 4.69) is 19.7 Å². The molecule has 2 aromatic rings. The van der Waals surface area contributed by atoms with Crippen LogP contribution in [-0.2, 0) is 21.0 Å².